The van der Waals surface area contributed by atoms with Crippen LogP contribution in [-0.4, -0.2) is 28.1 Å². The van der Waals surface area contributed by atoms with Gasteiger partial charge in [-0.2, -0.15) is 0 Å². The summed E-state index contributed by atoms with van der Waals surface area (Å²) in [7, 11) is 0. The normalized spacial score (nSPS) is 20.4. The first kappa shape index (κ1) is 12.6. The molecule has 1 unspecified atom stereocenters. The number of carbonyl (C=O) groups is 2. The predicted octanol–water partition coefficient (Wildman–Crippen LogP) is 1.45. The Labute approximate surface area is 94.3 Å². The number of hydrogen-bond donors (Lipinski definition) is 2. The van der Waals surface area contributed by atoms with Gasteiger partial charge in [0.25, 0.3) is 0 Å². The number of carboxylic acid groups (broad SMARTS) is 1. The highest BCUT2D eigenvalue weighted by molar-refractivity contribution is 5.98. The molecule has 1 atom stereocenters. The van der Waals surface area contributed by atoms with Crippen molar-refractivity contribution in [3.05, 3.63) is 23.8 Å². The molecule has 4 nitrogen and oxygen atoms in total. The molecule has 0 aliphatic heterocycles. The van der Waals surface area contributed by atoms with Crippen LogP contribution in [-0.2, 0) is 9.59 Å². The number of aliphatic hydroxyl groups is 1. The Morgan fingerprint density at radius 1 is 1.50 bits per heavy atom. The molecule has 0 saturated carbocycles. The van der Waals surface area contributed by atoms with Crippen LogP contribution in [0.4, 0.5) is 0 Å². The van der Waals surface area contributed by atoms with Crippen LogP contribution in [0, 0.1) is 0 Å². The Morgan fingerprint density at radius 2 is 2.25 bits per heavy atom. The third-order valence-corrected chi connectivity index (χ3v) is 2.47. The monoisotopic (exact) mass is 224 g/mol. The fourth-order valence-electron chi connectivity index (χ4n) is 1.69. The lowest BCUT2D eigenvalue weighted by Gasteiger charge is -1.98. The lowest BCUT2D eigenvalue weighted by molar-refractivity contribution is -0.131. The quantitative estimate of drug-likeness (QED) is 0.529. The van der Waals surface area contributed by atoms with Gasteiger partial charge in [-0.15, -0.1) is 0 Å². The molecule has 0 aromatic rings. The summed E-state index contributed by atoms with van der Waals surface area (Å²) in [5.74, 6) is -0.898. The first-order valence-electron chi connectivity index (χ1n) is 5.41. The lowest BCUT2D eigenvalue weighted by atomic mass is 10.1. The summed E-state index contributed by atoms with van der Waals surface area (Å²) < 4.78 is 0. The van der Waals surface area contributed by atoms with Crippen molar-refractivity contribution in [2.45, 2.75) is 38.2 Å². The van der Waals surface area contributed by atoms with E-state index in [1.54, 1.807) is 12.2 Å². The van der Waals surface area contributed by atoms with Crippen molar-refractivity contribution < 1.29 is 19.8 Å². The van der Waals surface area contributed by atoms with E-state index >= 15 is 0 Å². The third-order valence-electron chi connectivity index (χ3n) is 2.47. The van der Waals surface area contributed by atoms with E-state index in [9.17, 15) is 14.7 Å². The highest BCUT2D eigenvalue weighted by Gasteiger charge is 2.20. The van der Waals surface area contributed by atoms with E-state index in [0.29, 0.717) is 12.8 Å². The van der Waals surface area contributed by atoms with Crippen molar-refractivity contribution in [1.82, 2.24) is 0 Å². The molecule has 0 aromatic heterocycles. The van der Waals surface area contributed by atoms with Gasteiger partial charge in [0.1, 0.15) is 0 Å². The molecule has 0 aromatic carbocycles. The number of ketones is 1. The number of aliphatic carboxylic acids is 1. The molecule has 0 heterocycles. The van der Waals surface area contributed by atoms with Crippen molar-refractivity contribution in [2.24, 2.45) is 0 Å². The van der Waals surface area contributed by atoms with E-state index in [2.05, 4.69) is 0 Å². The molecule has 0 amide bonds. The molecule has 0 fully saturated rings. The van der Waals surface area contributed by atoms with Crippen LogP contribution in [0.1, 0.15) is 32.1 Å². The summed E-state index contributed by atoms with van der Waals surface area (Å²) in [6.45, 7) is 0. The van der Waals surface area contributed by atoms with Crippen molar-refractivity contribution in [2.75, 3.05) is 0 Å². The van der Waals surface area contributed by atoms with Crippen LogP contribution in [0.15, 0.2) is 23.8 Å². The number of rotatable bonds is 6. The second-order valence-corrected chi connectivity index (χ2v) is 3.87. The fraction of sp³-hybridized carbons (Fsp3) is 0.500. The number of unbranched alkanes of at least 4 members (excludes halogenated alkanes) is 2. The Bertz CT molecular complexity index is 328. The van der Waals surface area contributed by atoms with Crippen LogP contribution in [0.3, 0.4) is 0 Å². The smallest absolute Gasteiger partial charge is 0.327 e. The highest BCUT2D eigenvalue weighted by Crippen LogP contribution is 2.20. The minimum atomic E-state index is -0.934. The van der Waals surface area contributed by atoms with E-state index in [-0.39, 0.29) is 12.2 Å². The average Bonchev–Trinajstić information content (AvgIpc) is 2.50. The van der Waals surface area contributed by atoms with Gasteiger partial charge in [0.15, 0.2) is 5.78 Å². The predicted molar refractivity (Wildman–Crippen MR) is 59.0 cm³/mol. The van der Waals surface area contributed by atoms with Gasteiger partial charge in [0, 0.05) is 12.5 Å². The van der Waals surface area contributed by atoms with Crippen LogP contribution in [0.25, 0.3) is 0 Å². The zero-order valence-electron chi connectivity index (χ0n) is 9.06. The molecule has 1 aliphatic carbocycles. The standard InChI is InChI=1S/C12H16O4/c13-10-7-9(11(14)8-10)5-3-1-2-4-6-12(15)16/h4,6-7,10,13H,1-3,5,8H2,(H,15,16). The molecule has 2 N–H and O–H groups in total. The summed E-state index contributed by atoms with van der Waals surface area (Å²) in [5.41, 5.74) is 0.717. The lowest BCUT2D eigenvalue weighted by Crippen LogP contribution is -2.01. The molecule has 1 aliphatic rings. The average molecular weight is 224 g/mol. The van der Waals surface area contributed by atoms with Gasteiger partial charge in [0.2, 0.25) is 0 Å². The maximum atomic E-state index is 11.3. The molecule has 0 bridgehead atoms. The first-order valence-corrected chi connectivity index (χ1v) is 5.41. The van der Waals surface area contributed by atoms with E-state index in [0.717, 1.165) is 24.5 Å². The Kier molecular flexibility index (Phi) is 4.92. The molecule has 0 radical (unpaired) electrons. The Balaban J connectivity index is 2.14. The molecule has 0 spiro atoms. The maximum Gasteiger partial charge on any atom is 0.327 e. The van der Waals surface area contributed by atoms with E-state index in [1.807, 2.05) is 0 Å². The minimum absolute atomic E-state index is 0.0357. The number of aliphatic hydroxyl groups excluding tert-OH is 1. The zero-order chi connectivity index (χ0) is 12.0. The molecular formula is C12H16O4. The van der Waals surface area contributed by atoms with Crippen LogP contribution >= 0.6 is 0 Å². The van der Waals surface area contributed by atoms with Crippen molar-refractivity contribution >= 4 is 11.8 Å². The number of carboxylic acids is 1. The SMILES string of the molecule is O=C(O)C=CCCCCC1=CC(O)CC1=O. The van der Waals surface area contributed by atoms with Gasteiger partial charge in [-0.25, -0.2) is 4.79 Å². The summed E-state index contributed by atoms with van der Waals surface area (Å²) in [6, 6.07) is 0. The highest BCUT2D eigenvalue weighted by atomic mass is 16.4. The largest absolute Gasteiger partial charge is 0.478 e. The number of Topliss-reactive ketones (excluding diaryl/α,β-unsaturated/α-hetero) is 1. The van der Waals surface area contributed by atoms with Gasteiger partial charge in [-0.1, -0.05) is 6.08 Å². The van der Waals surface area contributed by atoms with E-state index in [1.165, 1.54) is 0 Å². The molecule has 1 rings (SSSR count). The van der Waals surface area contributed by atoms with Crippen molar-refractivity contribution in [3.8, 4) is 0 Å². The maximum absolute atomic E-state index is 11.3. The topological polar surface area (TPSA) is 74.6 Å². The Hall–Kier alpha value is -1.42. The van der Waals surface area contributed by atoms with Crippen LogP contribution in [0.5, 0.6) is 0 Å². The summed E-state index contributed by atoms with van der Waals surface area (Å²) >= 11 is 0. The molecule has 88 valence electrons. The van der Waals surface area contributed by atoms with E-state index in [4.69, 9.17) is 5.11 Å². The third kappa shape index (κ3) is 4.40. The molecule has 4 heteroatoms. The number of carbonyl (C=O) groups excluding carboxylic acids is 1. The van der Waals surface area contributed by atoms with Crippen molar-refractivity contribution in [3.63, 3.8) is 0 Å². The molecular weight excluding hydrogens is 208 g/mol. The van der Waals surface area contributed by atoms with Crippen LogP contribution < -0.4 is 0 Å². The summed E-state index contributed by atoms with van der Waals surface area (Å²) in [5, 5.41) is 17.5. The van der Waals surface area contributed by atoms with Gasteiger partial charge >= 0.3 is 5.97 Å². The van der Waals surface area contributed by atoms with Gasteiger partial charge in [0.05, 0.1) is 6.10 Å². The molecule has 16 heavy (non-hydrogen) atoms. The number of hydrogen-bond acceptors (Lipinski definition) is 3. The Morgan fingerprint density at radius 3 is 2.81 bits per heavy atom. The summed E-state index contributed by atoms with van der Waals surface area (Å²) in [6.07, 6.45) is 7.05. The number of allylic oxidation sites excluding steroid dienone is 2. The molecule has 0 saturated heterocycles. The van der Waals surface area contributed by atoms with Crippen LogP contribution in [0.2, 0.25) is 0 Å². The van der Waals surface area contributed by atoms with Crippen molar-refractivity contribution in [1.29, 1.82) is 0 Å². The van der Waals surface area contributed by atoms with Gasteiger partial charge in [-0.05, 0) is 37.3 Å². The minimum Gasteiger partial charge on any atom is -0.478 e. The second-order valence-electron chi connectivity index (χ2n) is 3.87. The van der Waals surface area contributed by atoms with E-state index < -0.39 is 12.1 Å². The van der Waals surface area contributed by atoms with Gasteiger partial charge in [-0.3, -0.25) is 4.79 Å². The second kappa shape index (κ2) is 6.23. The van der Waals surface area contributed by atoms with Gasteiger partial charge < -0.3 is 10.2 Å². The summed E-state index contributed by atoms with van der Waals surface area (Å²) in [4.78, 5) is 21.4. The first-order chi connectivity index (χ1) is 7.59. The fourth-order valence-corrected chi connectivity index (χ4v) is 1.69. The zero-order valence-corrected chi connectivity index (χ0v) is 9.06.